The maximum atomic E-state index is 3.97. The molecular formula is C92H74Ir-2. The molecule has 0 nitrogen and oxygen atoms in total. The summed E-state index contributed by atoms with van der Waals surface area (Å²) in [6.45, 7) is 11.7. The molecule has 5 aliphatic rings. The van der Waals surface area contributed by atoms with Crippen molar-refractivity contribution in [2.75, 3.05) is 0 Å². The summed E-state index contributed by atoms with van der Waals surface area (Å²) >= 11 is 0. The molecule has 0 fully saturated rings. The fourth-order valence-electron chi connectivity index (χ4n) is 17.9. The van der Waals surface area contributed by atoms with Crippen LogP contribution in [0.3, 0.4) is 0 Å². The summed E-state index contributed by atoms with van der Waals surface area (Å²) in [5.74, 6) is 1.29. The van der Waals surface area contributed by atoms with E-state index in [1.807, 2.05) is 0 Å². The molecular weight excluding hydrogens is 1300 g/mol. The zero-order valence-corrected chi connectivity index (χ0v) is 55.9. The third kappa shape index (κ3) is 9.97. The molecule has 17 rings (SSSR count). The molecule has 0 N–H and O–H groups in total. The second-order valence-electron chi connectivity index (χ2n) is 27.2. The van der Waals surface area contributed by atoms with E-state index in [2.05, 4.69) is 320 Å². The smallest absolute Gasteiger partial charge is 0.0352 e. The van der Waals surface area contributed by atoms with Crippen molar-refractivity contribution in [1.29, 1.82) is 0 Å². The Kier molecular flexibility index (Phi) is 15.2. The van der Waals surface area contributed by atoms with Crippen LogP contribution in [0.5, 0.6) is 0 Å². The fraction of sp³-hybridized carbons (Fsp3) is 0.174. The molecule has 4 unspecified atom stereocenters. The fourth-order valence-corrected chi connectivity index (χ4v) is 17.9. The summed E-state index contributed by atoms with van der Waals surface area (Å²) in [5.41, 5.74) is 39.4. The second kappa shape index (κ2) is 24.0. The van der Waals surface area contributed by atoms with Gasteiger partial charge in [-0.2, -0.15) is 30.4 Å². The van der Waals surface area contributed by atoms with Gasteiger partial charge in [-0.15, -0.1) is 5.56 Å². The molecule has 93 heavy (non-hydrogen) atoms. The van der Waals surface area contributed by atoms with Gasteiger partial charge in [-0.3, -0.25) is 0 Å². The molecule has 1 heteroatoms. The summed E-state index contributed by atoms with van der Waals surface area (Å²) in [4.78, 5) is 0. The van der Waals surface area contributed by atoms with Crippen molar-refractivity contribution >= 4 is 5.57 Å². The van der Waals surface area contributed by atoms with Gasteiger partial charge in [0.25, 0.3) is 0 Å². The second-order valence-corrected chi connectivity index (χ2v) is 27.2. The molecule has 453 valence electrons. The molecule has 0 saturated carbocycles. The zero-order valence-electron chi connectivity index (χ0n) is 53.6. The first-order chi connectivity index (χ1) is 45.2. The molecule has 0 aliphatic heterocycles. The number of allylic oxidation sites excluding steroid dienone is 4. The molecule has 0 bridgehead atoms. The molecule has 0 spiro atoms. The van der Waals surface area contributed by atoms with Crippen molar-refractivity contribution < 1.29 is 20.1 Å². The van der Waals surface area contributed by atoms with Gasteiger partial charge in [-0.05, 0) is 191 Å². The topological polar surface area (TPSA) is 0 Å². The average molecular weight is 1370 g/mol. The van der Waals surface area contributed by atoms with Gasteiger partial charge >= 0.3 is 0 Å². The van der Waals surface area contributed by atoms with Gasteiger partial charge in [0.2, 0.25) is 0 Å². The monoisotopic (exact) mass is 1370 g/mol. The molecule has 12 aromatic rings. The Morgan fingerprint density at radius 1 is 0.366 bits per heavy atom. The minimum absolute atomic E-state index is 0. The van der Waals surface area contributed by atoms with Crippen LogP contribution in [0.1, 0.15) is 192 Å². The minimum Gasteiger partial charge on any atom is -0.247 e. The molecule has 0 saturated heterocycles. The molecule has 0 amide bonds. The van der Waals surface area contributed by atoms with Crippen molar-refractivity contribution in [2.24, 2.45) is 0 Å². The van der Waals surface area contributed by atoms with Gasteiger partial charge in [0.1, 0.15) is 0 Å². The largest absolute Gasteiger partial charge is 0.247 e. The zero-order chi connectivity index (χ0) is 61.7. The molecule has 12 aromatic carbocycles. The van der Waals surface area contributed by atoms with Crippen LogP contribution in [-0.2, 0) is 20.1 Å². The predicted octanol–water partition coefficient (Wildman–Crippen LogP) is 23.5. The number of hydrogen-bond acceptors (Lipinski definition) is 0. The SMILES string of the molecule is CCC(CC(CC(C)c1cc(C2c3ccccc3-c3ccccc32)cc(C2c3ccccc3-c3ccccc32)c1)c1c[c-]c(C2=[C-]C=CC2c2c(C)cc(C)cc2C)cc1)c1cc(C2c3ccccc3-c3ccccc32)cc(C2c3ccccc3-c3ccccc32)c1.[Ir]. The summed E-state index contributed by atoms with van der Waals surface area (Å²) in [6.07, 6.45) is 11.2. The van der Waals surface area contributed by atoms with Crippen LogP contribution < -0.4 is 0 Å². The van der Waals surface area contributed by atoms with Crippen molar-refractivity contribution in [3.05, 3.63) is 396 Å². The minimum atomic E-state index is 0. The van der Waals surface area contributed by atoms with Crippen LogP contribution >= 0.6 is 0 Å². The number of benzene rings is 12. The van der Waals surface area contributed by atoms with E-state index in [0.717, 1.165) is 24.8 Å². The van der Waals surface area contributed by atoms with E-state index in [0.29, 0.717) is 0 Å². The Labute approximate surface area is 563 Å². The van der Waals surface area contributed by atoms with Gasteiger partial charge in [0, 0.05) is 43.8 Å². The molecule has 0 heterocycles. The van der Waals surface area contributed by atoms with E-state index in [1.165, 1.54) is 156 Å². The van der Waals surface area contributed by atoms with E-state index in [9.17, 15) is 0 Å². The number of aryl methyl sites for hydroxylation is 3. The number of rotatable bonds is 14. The van der Waals surface area contributed by atoms with Crippen LogP contribution in [0.25, 0.3) is 50.1 Å². The molecule has 0 aromatic heterocycles. The van der Waals surface area contributed by atoms with Gasteiger partial charge in [0.05, 0.1) is 0 Å². The van der Waals surface area contributed by atoms with Crippen LogP contribution in [0.4, 0.5) is 0 Å². The number of hydrogen-bond donors (Lipinski definition) is 0. The van der Waals surface area contributed by atoms with E-state index in [-0.39, 0.29) is 67.4 Å². The Balaban J connectivity index is 0.00000686. The first kappa shape index (κ1) is 58.8. The molecule has 1 radical (unpaired) electrons. The summed E-state index contributed by atoms with van der Waals surface area (Å²) in [6, 6.07) is 105. The Morgan fingerprint density at radius 3 is 1.04 bits per heavy atom. The van der Waals surface area contributed by atoms with Crippen molar-refractivity contribution in [3.63, 3.8) is 0 Å². The first-order valence-corrected chi connectivity index (χ1v) is 33.7. The van der Waals surface area contributed by atoms with Gasteiger partial charge in [-0.25, -0.2) is 23.3 Å². The average Bonchev–Trinajstić information content (AvgIpc) is 1.62. The number of fused-ring (bicyclic) bond motifs is 12. The van der Waals surface area contributed by atoms with Crippen molar-refractivity contribution in [1.82, 2.24) is 0 Å². The third-order valence-corrected chi connectivity index (χ3v) is 21.9. The predicted molar refractivity (Wildman–Crippen MR) is 382 cm³/mol. The quantitative estimate of drug-likeness (QED) is 0.0952. The van der Waals surface area contributed by atoms with E-state index >= 15 is 0 Å². The summed E-state index contributed by atoms with van der Waals surface area (Å²) in [5, 5.41) is 0. The maximum absolute atomic E-state index is 3.97. The van der Waals surface area contributed by atoms with Gasteiger partial charge < -0.3 is 0 Å². The van der Waals surface area contributed by atoms with Crippen LogP contribution in [0.15, 0.2) is 273 Å². The van der Waals surface area contributed by atoms with Gasteiger partial charge in [0.15, 0.2) is 0 Å². The Hall–Kier alpha value is -9.23. The van der Waals surface area contributed by atoms with Crippen LogP contribution in [-0.4, -0.2) is 0 Å². The molecule has 4 atom stereocenters. The van der Waals surface area contributed by atoms with Crippen LogP contribution in [0, 0.1) is 32.9 Å². The van der Waals surface area contributed by atoms with Crippen molar-refractivity contribution in [3.8, 4) is 44.5 Å². The van der Waals surface area contributed by atoms with Crippen LogP contribution in [0.2, 0.25) is 0 Å². The van der Waals surface area contributed by atoms with E-state index < -0.39 is 0 Å². The Bertz CT molecular complexity index is 4540. The standard InChI is InChI=1S/C92H74.Ir/c1-6-60(65-52-68(91-84-36-19-11-28-75(84)76-29-12-20-37-85(76)91)55-69(53-65)92-86-38-21-13-30-77(86)78-31-14-22-39-87(78)92)49-64(61-42-44-62(45-43-61)70-40-23-41-79(70)88-58(4)46-56(2)47-59(88)5)48-57(3)63-50-66(89-80-32-15-7-24-71(80)72-25-8-16-33-81(72)89)54-67(51-63)90-82-34-17-9-26-73(82)74-27-10-18-35-83(74)90;/h7-39,41-44,46-47,50-55,57,60,64,79,89-92H,6,48-49H2,1-5H3;/q-2;. The summed E-state index contributed by atoms with van der Waals surface area (Å²) in [7, 11) is 0. The maximum Gasteiger partial charge on any atom is 0.0352 e. The summed E-state index contributed by atoms with van der Waals surface area (Å²) < 4.78 is 0. The first-order valence-electron chi connectivity index (χ1n) is 33.7. The third-order valence-electron chi connectivity index (χ3n) is 21.9. The van der Waals surface area contributed by atoms with E-state index in [4.69, 9.17) is 0 Å². The molecule has 5 aliphatic carbocycles. The normalized spacial score (nSPS) is 15.9. The van der Waals surface area contributed by atoms with E-state index in [1.54, 1.807) is 0 Å². The van der Waals surface area contributed by atoms with Crippen molar-refractivity contribution in [2.45, 2.75) is 101 Å². The van der Waals surface area contributed by atoms with Gasteiger partial charge in [-0.1, -0.05) is 274 Å². The Morgan fingerprint density at radius 2 is 0.710 bits per heavy atom.